The number of imidazole rings is 1. The number of benzene rings is 1. The molecule has 2 N–H and O–H groups in total. The van der Waals surface area contributed by atoms with Crippen LogP contribution >= 0.6 is 0 Å². The fourth-order valence-electron chi connectivity index (χ4n) is 3.30. The van der Waals surface area contributed by atoms with Gasteiger partial charge in [0.2, 0.25) is 5.95 Å². The van der Waals surface area contributed by atoms with Gasteiger partial charge in [-0.05, 0) is 30.4 Å². The topological polar surface area (TPSA) is 75.6 Å². The highest BCUT2D eigenvalue weighted by Crippen LogP contribution is 2.30. The minimum absolute atomic E-state index is 0.111. The minimum Gasteiger partial charge on any atom is -0.354 e. The van der Waals surface area contributed by atoms with Crippen LogP contribution in [0.2, 0.25) is 0 Å². The molecule has 0 aliphatic heterocycles. The third-order valence-corrected chi connectivity index (χ3v) is 4.38. The van der Waals surface area contributed by atoms with Crippen LogP contribution in [0.3, 0.4) is 0 Å². The van der Waals surface area contributed by atoms with Gasteiger partial charge in [-0.25, -0.2) is 9.78 Å². The molecule has 1 aliphatic rings. The SMILES string of the molecule is CCCNc1ncc2[nH]c(=O)n(C3Cc4ccccc4C3)c2n1. The van der Waals surface area contributed by atoms with Crippen LogP contribution in [0.1, 0.15) is 30.5 Å². The molecule has 118 valence electrons. The summed E-state index contributed by atoms with van der Waals surface area (Å²) in [4.78, 5) is 24.1. The molecule has 2 heterocycles. The second-order valence-corrected chi connectivity index (χ2v) is 5.99. The summed E-state index contributed by atoms with van der Waals surface area (Å²) >= 11 is 0. The number of fused-ring (bicyclic) bond motifs is 2. The maximum Gasteiger partial charge on any atom is 0.327 e. The van der Waals surface area contributed by atoms with Gasteiger partial charge in [0.05, 0.1) is 6.20 Å². The summed E-state index contributed by atoms with van der Waals surface area (Å²) in [6.45, 7) is 2.91. The number of aromatic amines is 1. The van der Waals surface area contributed by atoms with Gasteiger partial charge < -0.3 is 10.3 Å². The Hall–Kier alpha value is -2.63. The summed E-state index contributed by atoms with van der Waals surface area (Å²) in [5.41, 5.74) is 3.89. The molecule has 0 fully saturated rings. The molecule has 4 rings (SSSR count). The van der Waals surface area contributed by atoms with Gasteiger partial charge in [-0.1, -0.05) is 31.2 Å². The van der Waals surface area contributed by atoms with Crippen molar-refractivity contribution in [3.8, 4) is 0 Å². The highest BCUT2D eigenvalue weighted by molar-refractivity contribution is 5.71. The fourth-order valence-corrected chi connectivity index (χ4v) is 3.30. The van der Waals surface area contributed by atoms with Gasteiger partial charge in [-0.15, -0.1) is 0 Å². The Morgan fingerprint density at radius 1 is 1.30 bits per heavy atom. The minimum atomic E-state index is -0.111. The van der Waals surface area contributed by atoms with Crippen molar-refractivity contribution in [2.75, 3.05) is 11.9 Å². The molecule has 0 saturated heterocycles. The standard InChI is InChI=1S/C17H19N5O/c1-2-7-18-16-19-10-14-15(21-16)22(17(23)20-14)13-8-11-5-3-4-6-12(11)9-13/h3-6,10,13H,2,7-9H2,1H3,(H,20,23)(H,18,19,21). The Morgan fingerprint density at radius 2 is 2.04 bits per heavy atom. The van der Waals surface area contributed by atoms with E-state index < -0.39 is 0 Å². The molecular formula is C17H19N5O. The lowest BCUT2D eigenvalue weighted by Crippen LogP contribution is -2.23. The number of aromatic nitrogens is 4. The van der Waals surface area contributed by atoms with E-state index in [1.807, 2.05) is 12.1 Å². The van der Waals surface area contributed by atoms with E-state index in [1.54, 1.807) is 10.8 Å². The number of anilines is 1. The molecule has 3 aromatic rings. The van der Waals surface area contributed by atoms with E-state index in [-0.39, 0.29) is 11.7 Å². The third-order valence-electron chi connectivity index (χ3n) is 4.38. The molecule has 6 heteroatoms. The van der Waals surface area contributed by atoms with Crippen molar-refractivity contribution in [1.82, 2.24) is 19.5 Å². The fraction of sp³-hybridized carbons (Fsp3) is 0.353. The van der Waals surface area contributed by atoms with Crippen LogP contribution in [-0.4, -0.2) is 26.1 Å². The molecule has 0 bridgehead atoms. The molecule has 23 heavy (non-hydrogen) atoms. The second kappa shape index (κ2) is 5.53. The van der Waals surface area contributed by atoms with Crippen molar-refractivity contribution >= 4 is 17.1 Å². The van der Waals surface area contributed by atoms with E-state index >= 15 is 0 Å². The normalized spacial score (nSPS) is 14.3. The van der Waals surface area contributed by atoms with E-state index in [1.165, 1.54) is 11.1 Å². The molecule has 0 atom stereocenters. The molecule has 0 amide bonds. The molecular weight excluding hydrogens is 290 g/mol. The van der Waals surface area contributed by atoms with E-state index in [0.29, 0.717) is 17.1 Å². The van der Waals surface area contributed by atoms with Gasteiger partial charge >= 0.3 is 5.69 Å². The lowest BCUT2D eigenvalue weighted by atomic mass is 10.1. The van der Waals surface area contributed by atoms with Crippen LogP contribution in [-0.2, 0) is 12.8 Å². The number of hydrogen-bond acceptors (Lipinski definition) is 4. The van der Waals surface area contributed by atoms with Crippen molar-refractivity contribution < 1.29 is 0 Å². The van der Waals surface area contributed by atoms with Gasteiger partial charge in [-0.2, -0.15) is 4.98 Å². The van der Waals surface area contributed by atoms with E-state index in [4.69, 9.17) is 0 Å². The van der Waals surface area contributed by atoms with Crippen molar-refractivity contribution in [3.63, 3.8) is 0 Å². The maximum atomic E-state index is 12.4. The highest BCUT2D eigenvalue weighted by Gasteiger charge is 2.26. The molecule has 0 spiro atoms. The molecule has 6 nitrogen and oxygen atoms in total. The number of rotatable bonds is 4. The summed E-state index contributed by atoms with van der Waals surface area (Å²) in [5.74, 6) is 0.572. The van der Waals surface area contributed by atoms with Crippen molar-refractivity contribution in [3.05, 3.63) is 52.1 Å². The first-order valence-corrected chi connectivity index (χ1v) is 8.04. The van der Waals surface area contributed by atoms with Crippen molar-refractivity contribution in [1.29, 1.82) is 0 Å². The van der Waals surface area contributed by atoms with Crippen molar-refractivity contribution in [2.45, 2.75) is 32.2 Å². The van der Waals surface area contributed by atoms with Crippen LogP contribution in [0.4, 0.5) is 5.95 Å². The van der Waals surface area contributed by atoms with Crippen LogP contribution in [0.25, 0.3) is 11.2 Å². The third kappa shape index (κ3) is 2.40. The van der Waals surface area contributed by atoms with Gasteiger partial charge in [0.1, 0.15) is 5.52 Å². The van der Waals surface area contributed by atoms with E-state index in [9.17, 15) is 4.79 Å². The first-order valence-electron chi connectivity index (χ1n) is 8.04. The predicted octanol–water partition coefficient (Wildman–Crippen LogP) is 2.28. The summed E-state index contributed by atoms with van der Waals surface area (Å²) in [6, 6.07) is 8.49. The monoisotopic (exact) mass is 309 g/mol. The zero-order valence-corrected chi connectivity index (χ0v) is 13.0. The molecule has 1 aromatic carbocycles. The van der Waals surface area contributed by atoms with Crippen LogP contribution in [0, 0.1) is 0 Å². The summed E-state index contributed by atoms with van der Waals surface area (Å²) in [6.07, 6.45) is 4.41. The van der Waals surface area contributed by atoms with Crippen LogP contribution in [0.5, 0.6) is 0 Å². The van der Waals surface area contributed by atoms with Gasteiger partial charge in [0.15, 0.2) is 5.65 Å². The zero-order valence-electron chi connectivity index (χ0n) is 13.0. The number of hydrogen-bond donors (Lipinski definition) is 2. The highest BCUT2D eigenvalue weighted by atomic mass is 16.1. The number of H-pyrrole nitrogens is 1. The first-order chi connectivity index (χ1) is 11.3. The lowest BCUT2D eigenvalue weighted by Gasteiger charge is -2.11. The zero-order chi connectivity index (χ0) is 15.8. The summed E-state index contributed by atoms with van der Waals surface area (Å²) in [7, 11) is 0. The van der Waals surface area contributed by atoms with Gasteiger partial charge in [0, 0.05) is 12.6 Å². The average molecular weight is 309 g/mol. The molecule has 2 aromatic heterocycles. The Labute approximate surface area is 133 Å². The van der Waals surface area contributed by atoms with Crippen molar-refractivity contribution in [2.24, 2.45) is 0 Å². The first kappa shape index (κ1) is 14.0. The lowest BCUT2D eigenvalue weighted by molar-refractivity contribution is 0.525. The van der Waals surface area contributed by atoms with Gasteiger partial charge in [0.25, 0.3) is 0 Å². The Balaban J connectivity index is 1.75. The molecule has 0 unspecified atom stereocenters. The molecule has 1 aliphatic carbocycles. The Bertz CT molecular complexity index is 886. The quantitative estimate of drug-likeness (QED) is 0.775. The van der Waals surface area contributed by atoms with Crippen LogP contribution in [0.15, 0.2) is 35.3 Å². The van der Waals surface area contributed by atoms with Gasteiger partial charge in [-0.3, -0.25) is 4.57 Å². The Morgan fingerprint density at radius 3 is 2.74 bits per heavy atom. The molecule has 0 saturated carbocycles. The van der Waals surface area contributed by atoms with E-state index in [2.05, 4.69) is 39.3 Å². The van der Waals surface area contributed by atoms with E-state index in [0.717, 1.165) is 25.8 Å². The molecule has 0 radical (unpaired) electrons. The smallest absolute Gasteiger partial charge is 0.327 e. The summed E-state index contributed by atoms with van der Waals surface area (Å²) < 4.78 is 1.79. The number of nitrogens with one attached hydrogen (secondary N) is 2. The largest absolute Gasteiger partial charge is 0.354 e. The second-order valence-electron chi connectivity index (χ2n) is 5.99. The predicted molar refractivity (Wildman–Crippen MR) is 89.8 cm³/mol. The summed E-state index contributed by atoms with van der Waals surface area (Å²) in [5, 5.41) is 3.18. The number of nitrogens with zero attached hydrogens (tertiary/aromatic N) is 3. The van der Waals surface area contributed by atoms with Crippen LogP contribution < -0.4 is 11.0 Å². The average Bonchev–Trinajstić information content (AvgIpc) is 3.11. The Kier molecular flexibility index (Phi) is 3.37. The maximum absolute atomic E-state index is 12.4.